The van der Waals surface area contributed by atoms with Crippen LogP contribution in [0.4, 0.5) is 11.6 Å². The van der Waals surface area contributed by atoms with Gasteiger partial charge in [0, 0.05) is 18.5 Å². The molecule has 0 aromatic carbocycles. The van der Waals surface area contributed by atoms with Crippen molar-refractivity contribution in [1.29, 1.82) is 0 Å². The van der Waals surface area contributed by atoms with Crippen molar-refractivity contribution in [1.82, 2.24) is 9.97 Å². The first-order valence-corrected chi connectivity index (χ1v) is 5.70. The molecule has 4 nitrogen and oxygen atoms in total. The normalized spacial score (nSPS) is 11.6. The summed E-state index contributed by atoms with van der Waals surface area (Å²) in [6, 6.07) is 0. The summed E-state index contributed by atoms with van der Waals surface area (Å²) in [5.41, 5.74) is 7.00. The van der Waals surface area contributed by atoms with Crippen LogP contribution in [-0.4, -0.2) is 16.5 Å². The van der Waals surface area contributed by atoms with Crippen molar-refractivity contribution < 1.29 is 0 Å². The predicted octanol–water partition coefficient (Wildman–Crippen LogP) is 2.39. The van der Waals surface area contributed by atoms with E-state index in [-0.39, 0.29) is 5.41 Å². The van der Waals surface area contributed by atoms with Crippen LogP contribution in [0.1, 0.15) is 39.1 Å². The van der Waals surface area contributed by atoms with Gasteiger partial charge in [-0.1, -0.05) is 27.7 Å². The van der Waals surface area contributed by atoms with Gasteiger partial charge in [-0.3, -0.25) is 0 Å². The Hall–Kier alpha value is -1.32. The summed E-state index contributed by atoms with van der Waals surface area (Å²) in [5.74, 6) is 2.22. The van der Waals surface area contributed by atoms with Gasteiger partial charge in [-0.25, -0.2) is 9.97 Å². The van der Waals surface area contributed by atoms with Crippen molar-refractivity contribution in [3.05, 3.63) is 11.4 Å². The fraction of sp³-hybridized carbons (Fsp3) is 0.667. The summed E-state index contributed by atoms with van der Waals surface area (Å²) in [6.45, 7) is 11.4. The zero-order valence-corrected chi connectivity index (χ0v) is 10.9. The maximum absolute atomic E-state index is 5.85. The molecule has 90 valence electrons. The Morgan fingerprint density at radius 3 is 2.38 bits per heavy atom. The minimum atomic E-state index is 0.221. The van der Waals surface area contributed by atoms with E-state index in [1.807, 2.05) is 13.8 Å². The largest absolute Gasteiger partial charge is 0.383 e. The topological polar surface area (TPSA) is 63.8 Å². The number of aryl methyl sites for hydroxylation is 1. The monoisotopic (exact) mass is 222 g/mol. The Morgan fingerprint density at radius 2 is 1.88 bits per heavy atom. The minimum Gasteiger partial charge on any atom is -0.383 e. The highest BCUT2D eigenvalue weighted by Gasteiger charge is 2.12. The first-order chi connectivity index (χ1) is 7.33. The van der Waals surface area contributed by atoms with E-state index in [0.717, 1.165) is 30.2 Å². The molecular formula is C12H22N4. The summed E-state index contributed by atoms with van der Waals surface area (Å²) in [7, 11) is 0. The summed E-state index contributed by atoms with van der Waals surface area (Å²) in [4.78, 5) is 8.68. The maximum atomic E-state index is 5.85. The minimum absolute atomic E-state index is 0.221. The quantitative estimate of drug-likeness (QED) is 0.824. The van der Waals surface area contributed by atoms with Gasteiger partial charge in [-0.2, -0.15) is 0 Å². The first-order valence-electron chi connectivity index (χ1n) is 5.70. The van der Waals surface area contributed by atoms with Gasteiger partial charge in [-0.05, 0) is 12.3 Å². The lowest BCUT2D eigenvalue weighted by atomic mass is 9.97. The van der Waals surface area contributed by atoms with Crippen LogP contribution in [0.25, 0.3) is 0 Å². The molecule has 0 amide bonds. The molecule has 16 heavy (non-hydrogen) atoms. The van der Waals surface area contributed by atoms with E-state index in [4.69, 9.17) is 5.73 Å². The Morgan fingerprint density at radius 1 is 1.25 bits per heavy atom. The molecule has 1 aromatic rings. The smallest absolute Gasteiger partial charge is 0.134 e. The van der Waals surface area contributed by atoms with E-state index >= 15 is 0 Å². The molecule has 3 N–H and O–H groups in total. The fourth-order valence-corrected chi connectivity index (χ4v) is 1.26. The third kappa shape index (κ3) is 3.36. The molecule has 0 unspecified atom stereocenters. The van der Waals surface area contributed by atoms with Gasteiger partial charge in [0.25, 0.3) is 0 Å². The Labute approximate surface area is 97.7 Å². The van der Waals surface area contributed by atoms with Gasteiger partial charge in [0.2, 0.25) is 0 Å². The molecule has 0 aliphatic rings. The van der Waals surface area contributed by atoms with Crippen LogP contribution in [0, 0.1) is 12.3 Å². The first kappa shape index (κ1) is 12.7. The van der Waals surface area contributed by atoms with Crippen LogP contribution in [0.5, 0.6) is 0 Å². The highest BCUT2D eigenvalue weighted by molar-refractivity contribution is 5.54. The molecule has 0 aliphatic carbocycles. The van der Waals surface area contributed by atoms with Crippen LogP contribution >= 0.6 is 0 Å². The number of hydrogen-bond acceptors (Lipinski definition) is 4. The predicted molar refractivity (Wildman–Crippen MR) is 68.5 cm³/mol. The molecule has 0 aliphatic heterocycles. The standard InChI is InChI=1S/C12H22N4/c1-6-9-15-10(13)8(2)11(16-9)14-7-12(3,4)5/h6-7H2,1-5H3,(H3,13,14,15,16). The van der Waals surface area contributed by atoms with Crippen molar-refractivity contribution in [2.75, 3.05) is 17.6 Å². The van der Waals surface area contributed by atoms with Gasteiger partial charge in [0.1, 0.15) is 17.5 Å². The van der Waals surface area contributed by atoms with Crippen LogP contribution in [-0.2, 0) is 6.42 Å². The van der Waals surface area contributed by atoms with Crippen molar-refractivity contribution in [2.24, 2.45) is 5.41 Å². The van der Waals surface area contributed by atoms with Crippen molar-refractivity contribution in [2.45, 2.75) is 41.0 Å². The molecule has 4 heteroatoms. The van der Waals surface area contributed by atoms with Crippen molar-refractivity contribution in [3.63, 3.8) is 0 Å². The number of aromatic nitrogens is 2. The summed E-state index contributed by atoms with van der Waals surface area (Å²) in [6.07, 6.45) is 0.800. The molecule has 1 rings (SSSR count). The van der Waals surface area contributed by atoms with E-state index < -0.39 is 0 Å². The molecule has 0 radical (unpaired) electrons. The number of nitrogen functional groups attached to an aromatic ring is 1. The molecule has 0 saturated carbocycles. The van der Waals surface area contributed by atoms with E-state index in [1.165, 1.54) is 0 Å². The van der Waals surface area contributed by atoms with Gasteiger partial charge in [0.15, 0.2) is 0 Å². The molecule has 0 saturated heterocycles. The van der Waals surface area contributed by atoms with Crippen molar-refractivity contribution in [3.8, 4) is 0 Å². The average molecular weight is 222 g/mol. The molecule has 0 spiro atoms. The Balaban J connectivity index is 2.90. The van der Waals surface area contributed by atoms with Crippen molar-refractivity contribution >= 4 is 11.6 Å². The van der Waals surface area contributed by atoms with E-state index in [1.54, 1.807) is 0 Å². The summed E-state index contributed by atoms with van der Waals surface area (Å²) >= 11 is 0. The third-order valence-electron chi connectivity index (χ3n) is 2.33. The second kappa shape index (κ2) is 4.68. The third-order valence-corrected chi connectivity index (χ3v) is 2.33. The molecule has 1 aromatic heterocycles. The fourth-order valence-electron chi connectivity index (χ4n) is 1.26. The van der Waals surface area contributed by atoms with E-state index in [2.05, 4.69) is 36.1 Å². The molecular weight excluding hydrogens is 200 g/mol. The number of anilines is 2. The lowest BCUT2D eigenvalue weighted by molar-refractivity contribution is 0.442. The van der Waals surface area contributed by atoms with Crippen LogP contribution < -0.4 is 11.1 Å². The maximum Gasteiger partial charge on any atom is 0.134 e. The van der Waals surface area contributed by atoms with E-state index in [0.29, 0.717) is 5.82 Å². The van der Waals surface area contributed by atoms with Gasteiger partial charge >= 0.3 is 0 Å². The van der Waals surface area contributed by atoms with E-state index in [9.17, 15) is 0 Å². The second-order valence-electron chi connectivity index (χ2n) is 5.27. The molecule has 0 bridgehead atoms. The number of nitrogens with zero attached hydrogens (tertiary/aromatic N) is 2. The van der Waals surface area contributed by atoms with Gasteiger partial charge in [-0.15, -0.1) is 0 Å². The number of hydrogen-bond donors (Lipinski definition) is 2. The van der Waals surface area contributed by atoms with Gasteiger partial charge in [0.05, 0.1) is 0 Å². The zero-order valence-electron chi connectivity index (χ0n) is 10.9. The van der Waals surface area contributed by atoms with Crippen LogP contribution in [0.3, 0.4) is 0 Å². The number of nitrogens with two attached hydrogens (primary N) is 1. The molecule has 0 fully saturated rings. The lowest BCUT2D eigenvalue weighted by Crippen LogP contribution is -2.21. The zero-order chi connectivity index (χ0) is 12.3. The lowest BCUT2D eigenvalue weighted by Gasteiger charge is -2.20. The molecule has 1 heterocycles. The summed E-state index contributed by atoms with van der Waals surface area (Å²) < 4.78 is 0. The number of nitrogens with one attached hydrogen (secondary N) is 1. The highest BCUT2D eigenvalue weighted by Crippen LogP contribution is 2.20. The Bertz CT molecular complexity index is 366. The van der Waals surface area contributed by atoms with Gasteiger partial charge < -0.3 is 11.1 Å². The number of rotatable bonds is 3. The second-order valence-corrected chi connectivity index (χ2v) is 5.27. The summed E-state index contributed by atoms with van der Waals surface area (Å²) in [5, 5.41) is 3.34. The Kier molecular flexibility index (Phi) is 3.73. The van der Waals surface area contributed by atoms with Crippen LogP contribution in [0.2, 0.25) is 0 Å². The molecule has 0 atom stereocenters. The average Bonchev–Trinajstić information content (AvgIpc) is 2.18. The highest BCUT2D eigenvalue weighted by atomic mass is 15.1. The van der Waals surface area contributed by atoms with Crippen LogP contribution in [0.15, 0.2) is 0 Å². The SMILES string of the molecule is CCc1nc(N)c(C)c(NCC(C)(C)C)n1.